The van der Waals surface area contributed by atoms with Crippen molar-refractivity contribution in [2.75, 3.05) is 12.5 Å². The standard InChI is InChI=1S/C15H26F3NO5S/c1-9(23-10(2)15(16,17)18)12(11(20)8-25(6,7)22)19-13(21)24-14(3,4)5/h8-10,12H,1-7H3,(H,19,21)/t9-,10-,12+/m1/s1. The third-order valence-electron chi connectivity index (χ3n) is 2.73. The average molecular weight is 389 g/mol. The molecule has 0 bridgehead atoms. The largest absolute Gasteiger partial charge is 0.444 e. The Morgan fingerprint density at radius 3 is 1.96 bits per heavy atom. The summed E-state index contributed by atoms with van der Waals surface area (Å²) < 4.78 is 59.6. The third-order valence-corrected chi connectivity index (χ3v) is 3.53. The highest BCUT2D eigenvalue weighted by molar-refractivity contribution is 8.01. The first-order valence-corrected chi connectivity index (χ1v) is 9.90. The zero-order valence-corrected chi connectivity index (χ0v) is 16.2. The molecule has 0 saturated heterocycles. The summed E-state index contributed by atoms with van der Waals surface area (Å²) in [5.41, 5.74) is -0.867. The number of amides is 1. The second kappa shape index (κ2) is 8.39. The molecule has 0 aromatic rings. The maximum absolute atomic E-state index is 12.7. The molecule has 1 amide bonds. The first-order chi connectivity index (χ1) is 10.9. The number of ether oxygens (including phenoxy) is 2. The Balaban J connectivity index is 5.43. The van der Waals surface area contributed by atoms with Gasteiger partial charge in [-0.25, -0.2) is 4.79 Å². The van der Waals surface area contributed by atoms with E-state index in [1.807, 2.05) is 0 Å². The lowest BCUT2D eigenvalue weighted by molar-refractivity contribution is -0.226. The number of hydrogen-bond acceptors (Lipinski definition) is 5. The van der Waals surface area contributed by atoms with E-state index in [4.69, 9.17) is 9.47 Å². The molecule has 3 atom stereocenters. The summed E-state index contributed by atoms with van der Waals surface area (Å²) in [7, 11) is -2.62. The Morgan fingerprint density at radius 2 is 1.60 bits per heavy atom. The van der Waals surface area contributed by atoms with E-state index in [0.717, 1.165) is 12.3 Å². The van der Waals surface area contributed by atoms with Crippen molar-refractivity contribution in [3.05, 3.63) is 0 Å². The molecule has 25 heavy (non-hydrogen) atoms. The van der Waals surface area contributed by atoms with Gasteiger partial charge < -0.3 is 14.8 Å². The normalized spacial score (nSPS) is 16.6. The number of carbonyl (C=O) groups is 2. The van der Waals surface area contributed by atoms with Crippen LogP contribution in [0.25, 0.3) is 0 Å². The molecule has 0 heterocycles. The molecule has 0 radical (unpaired) electrons. The van der Waals surface area contributed by atoms with Crippen LogP contribution < -0.4 is 5.32 Å². The number of ketones is 1. The van der Waals surface area contributed by atoms with Crippen molar-refractivity contribution < 1.29 is 36.4 Å². The van der Waals surface area contributed by atoms with Crippen LogP contribution in [-0.4, -0.2) is 64.0 Å². The van der Waals surface area contributed by atoms with E-state index >= 15 is 0 Å². The van der Waals surface area contributed by atoms with E-state index in [9.17, 15) is 27.0 Å². The maximum Gasteiger partial charge on any atom is 0.414 e. The number of hydrogen-bond donors (Lipinski definition) is 1. The van der Waals surface area contributed by atoms with Crippen LogP contribution >= 0.6 is 0 Å². The summed E-state index contributed by atoms with van der Waals surface area (Å²) >= 11 is 0. The summed E-state index contributed by atoms with van der Waals surface area (Å²) in [6, 6.07) is -1.47. The molecule has 0 aromatic carbocycles. The maximum atomic E-state index is 12.7. The van der Waals surface area contributed by atoms with E-state index in [1.165, 1.54) is 19.4 Å². The molecule has 0 aromatic heterocycles. The second-order valence-corrected chi connectivity index (χ2v) is 9.83. The van der Waals surface area contributed by atoms with Crippen molar-refractivity contribution in [1.82, 2.24) is 5.32 Å². The van der Waals surface area contributed by atoms with E-state index in [2.05, 4.69) is 5.32 Å². The van der Waals surface area contributed by atoms with Gasteiger partial charge in [-0.05, 0) is 44.1 Å². The Hall–Kier alpha value is -1.29. The fourth-order valence-electron chi connectivity index (χ4n) is 1.69. The highest BCUT2D eigenvalue weighted by Crippen LogP contribution is 2.24. The minimum Gasteiger partial charge on any atom is -0.444 e. The Kier molecular flexibility index (Phi) is 7.96. The first-order valence-electron chi connectivity index (χ1n) is 7.47. The summed E-state index contributed by atoms with van der Waals surface area (Å²) in [5.74, 6) is -0.817. The Labute approximate surface area is 146 Å². The summed E-state index contributed by atoms with van der Waals surface area (Å²) in [6.07, 6.45) is -6.51. The van der Waals surface area contributed by atoms with E-state index < -0.39 is 51.4 Å². The van der Waals surface area contributed by atoms with Gasteiger partial charge in [0.25, 0.3) is 0 Å². The molecule has 0 aliphatic heterocycles. The fourth-order valence-corrected chi connectivity index (χ4v) is 2.39. The summed E-state index contributed by atoms with van der Waals surface area (Å²) in [4.78, 5) is 24.1. The van der Waals surface area contributed by atoms with Gasteiger partial charge >= 0.3 is 12.3 Å². The lowest BCUT2D eigenvalue weighted by Crippen LogP contribution is -2.52. The zero-order valence-electron chi connectivity index (χ0n) is 15.4. The average Bonchev–Trinajstić information content (AvgIpc) is 2.29. The predicted molar refractivity (Wildman–Crippen MR) is 90.3 cm³/mol. The summed E-state index contributed by atoms with van der Waals surface area (Å²) in [6.45, 7) is 6.77. The molecule has 0 rings (SSSR count). The van der Waals surface area contributed by atoms with Gasteiger partial charge in [-0.2, -0.15) is 13.2 Å². The fraction of sp³-hybridized carbons (Fsp3) is 0.800. The van der Waals surface area contributed by atoms with Crippen LogP contribution in [0.3, 0.4) is 0 Å². The molecule has 10 heteroatoms. The number of rotatable bonds is 6. The van der Waals surface area contributed by atoms with E-state index in [0.29, 0.717) is 0 Å². The Morgan fingerprint density at radius 1 is 1.12 bits per heavy atom. The van der Waals surface area contributed by atoms with Gasteiger partial charge in [-0.15, -0.1) is 0 Å². The van der Waals surface area contributed by atoms with Gasteiger partial charge in [0.15, 0.2) is 11.9 Å². The van der Waals surface area contributed by atoms with E-state index in [1.54, 1.807) is 20.8 Å². The number of halogens is 3. The predicted octanol–water partition coefficient (Wildman–Crippen LogP) is 2.15. The molecule has 1 N–H and O–H groups in total. The Bertz CT molecular complexity index is 595. The van der Waals surface area contributed by atoms with Crippen LogP contribution in [0.1, 0.15) is 34.6 Å². The lowest BCUT2D eigenvalue weighted by atomic mass is 10.1. The SMILES string of the molecule is C[C@@H](O[C@H](C)C(F)(F)F)[C@H](NC(=O)OC(C)(C)C)C(=O)C=S(C)(C)=O. The minimum atomic E-state index is -4.62. The molecule has 0 saturated carbocycles. The van der Waals surface area contributed by atoms with Crippen LogP contribution in [0.4, 0.5) is 18.0 Å². The topological polar surface area (TPSA) is 81.7 Å². The molecule has 148 valence electrons. The molecular formula is C15H26F3NO5S. The van der Waals surface area contributed by atoms with Crippen LogP contribution in [-0.2, 0) is 23.8 Å². The number of alkyl halides is 3. The zero-order chi connectivity index (χ0) is 20.2. The van der Waals surface area contributed by atoms with Crippen LogP contribution in [0.5, 0.6) is 0 Å². The number of carbonyl (C=O) groups excluding carboxylic acids is 2. The van der Waals surface area contributed by atoms with Crippen LogP contribution in [0, 0.1) is 0 Å². The van der Waals surface area contributed by atoms with E-state index in [-0.39, 0.29) is 0 Å². The van der Waals surface area contributed by atoms with Crippen molar-refractivity contribution in [3.8, 4) is 0 Å². The number of Topliss-reactive ketones (excluding diaryl/α,β-unsaturated/α-hetero) is 1. The van der Waals surface area contributed by atoms with Gasteiger partial charge in [0.2, 0.25) is 0 Å². The number of nitrogens with one attached hydrogen (secondary N) is 1. The smallest absolute Gasteiger partial charge is 0.414 e. The van der Waals surface area contributed by atoms with Crippen molar-refractivity contribution >= 4 is 26.8 Å². The molecule has 0 spiro atoms. The summed E-state index contributed by atoms with van der Waals surface area (Å²) in [5, 5.41) is 3.06. The van der Waals surface area contributed by atoms with Gasteiger partial charge in [-0.1, -0.05) is 0 Å². The van der Waals surface area contributed by atoms with Gasteiger partial charge in [0, 0.05) is 17.9 Å². The molecule has 0 aliphatic rings. The van der Waals surface area contributed by atoms with Crippen molar-refractivity contribution in [3.63, 3.8) is 0 Å². The molecule has 0 unspecified atom stereocenters. The van der Waals surface area contributed by atoms with Crippen molar-refractivity contribution in [1.29, 1.82) is 0 Å². The molecule has 0 aliphatic carbocycles. The quantitative estimate of drug-likeness (QED) is 0.704. The second-order valence-electron chi connectivity index (χ2n) is 6.98. The third kappa shape index (κ3) is 10.3. The highest BCUT2D eigenvalue weighted by atomic mass is 32.2. The van der Waals surface area contributed by atoms with Gasteiger partial charge in [0.1, 0.15) is 11.6 Å². The van der Waals surface area contributed by atoms with Crippen molar-refractivity contribution in [2.45, 2.75) is 64.6 Å². The number of alkyl carbamates (subject to hydrolysis) is 1. The van der Waals surface area contributed by atoms with Crippen LogP contribution in [0.2, 0.25) is 0 Å². The monoisotopic (exact) mass is 389 g/mol. The van der Waals surface area contributed by atoms with Gasteiger partial charge in [-0.3, -0.25) is 9.00 Å². The highest BCUT2D eigenvalue weighted by Gasteiger charge is 2.40. The van der Waals surface area contributed by atoms with Gasteiger partial charge in [0.05, 0.1) is 6.10 Å². The molecule has 0 fully saturated rings. The molecule has 6 nitrogen and oxygen atoms in total. The molecular weight excluding hydrogens is 363 g/mol. The first kappa shape index (κ1) is 23.7. The lowest BCUT2D eigenvalue weighted by Gasteiger charge is -2.28. The van der Waals surface area contributed by atoms with Crippen LogP contribution in [0.15, 0.2) is 0 Å². The minimum absolute atomic E-state index is 0.790. The van der Waals surface area contributed by atoms with Crippen molar-refractivity contribution in [2.24, 2.45) is 0 Å².